The number of piperidine rings is 1. The molecule has 0 radical (unpaired) electrons. The van der Waals surface area contributed by atoms with Crippen LogP contribution in [0.2, 0.25) is 5.02 Å². The number of halogens is 2. The standard InChI is InChI=1S/C19H24ClFN4O2/c1-19(2,3)23-16(26)9-25-12-6-13(25)8-24(7-12)10-17-22-18-14(20)4-11(21)5-15(18)27-17/h4-5,12-13H,6-10H2,1-3H3,(H,23,26). The summed E-state index contributed by atoms with van der Waals surface area (Å²) in [4.78, 5) is 21.1. The maximum Gasteiger partial charge on any atom is 0.234 e. The Balaban J connectivity index is 1.36. The van der Waals surface area contributed by atoms with E-state index in [1.807, 2.05) is 20.8 Å². The molecule has 4 heterocycles. The Kier molecular flexibility index (Phi) is 4.64. The van der Waals surface area contributed by atoms with E-state index in [0.29, 0.717) is 42.2 Å². The second kappa shape index (κ2) is 6.72. The van der Waals surface area contributed by atoms with Crippen LogP contribution in [0.5, 0.6) is 0 Å². The monoisotopic (exact) mass is 394 g/mol. The van der Waals surface area contributed by atoms with Gasteiger partial charge in [0.1, 0.15) is 11.3 Å². The van der Waals surface area contributed by atoms with Gasteiger partial charge in [-0.2, -0.15) is 0 Å². The van der Waals surface area contributed by atoms with E-state index >= 15 is 0 Å². The van der Waals surface area contributed by atoms with Crippen LogP contribution in [0.1, 0.15) is 33.1 Å². The van der Waals surface area contributed by atoms with Crippen LogP contribution in [0.25, 0.3) is 11.1 Å². The number of amides is 1. The highest BCUT2D eigenvalue weighted by Crippen LogP contribution is 2.33. The molecule has 1 aromatic carbocycles. The van der Waals surface area contributed by atoms with Gasteiger partial charge in [0.2, 0.25) is 11.8 Å². The second-order valence-corrected chi connectivity index (χ2v) is 8.96. The van der Waals surface area contributed by atoms with Crippen molar-refractivity contribution in [3.05, 3.63) is 28.9 Å². The third kappa shape index (κ3) is 3.95. The molecule has 2 aromatic rings. The van der Waals surface area contributed by atoms with Gasteiger partial charge in [-0.25, -0.2) is 9.37 Å². The number of nitrogens with zero attached hydrogens (tertiary/aromatic N) is 3. The Morgan fingerprint density at radius 2 is 2.07 bits per heavy atom. The van der Waals surface area contributed by atoms with Crippen molar-refractivity contribution in [2.45, 2.75) is 51.4 Å². The van der Waals surface area contributed by atoms with Gasteiger partial charge in [-0.1, -0.05) is 11.6 Å². The molecular weight excluding hydrogens is 371 g/mol. The van der Waals surface area contributed by atoms with Gasteiger partial charge >= 0.3 is 0 Å². The quantitative estimate of drug-likeness (QED) is 0.864. The van der Waals surface area contributed by atoms with Gasteiger partial charge in [0.05, 0.1) is 18.1 Å². The van der Waals surface area contributed by atoms with Gasteiger partial charge in [-0.15, -0.1) is 0 Å². The van der Waals surface area contributed by atoms with Gasteiger partial charge < -0.3 is 9.73 Å². The molecule has 3 saturated heterocycles. The smallest absolute Gasteiger partial charge is 0.234 e. The predicted molar refractivity (Wildman–Crippen MR) is 101 cm³/mol. The highest BCUT2D eigenvalue weighted by atomic mass is 35.5. The number of hydrogen-bond acceptors (Lipinski definition) is 5. The molecule has 1 N–H and O–H groups in total. The van der Waals surface area contributed by atoms with Crippen molar-refractivity contribution in [1.82, 2.24) is 20.1 Å². The number of rotatable bonds is 4. The van der Waals surface area contributed by atoms with Crippen molar-refractivity contribution >= 4 is 28.6 Å². The summed E-state index contributed by atoms with van der Waals surface area (Å²) >= 11 is 6.04. The first-order valence-electron chi connectivity index (χ1n) is 9.21. The summed E-state index contributed by atoms with van der Waals surface area (Å²) < 4.78 is 19.1. The summed E-state index contributed by atoms with van der Waals surface area (Å²) in [5, 5.41) is 3.28. The average Bonchev–Trinajstić information content (AvgIpc) is 2.93. The zero-order chi connectivity index (χ0) is 19.3. The molecule has 0 aliphatic carbocycles. The molecule has 6 nitrogen and oxygen atoms in total. The van der Waals surface area contributed by atoms with Gasteiger partial charge in [-0.3, -0.25) is 14.6 Å². The number of hydrogen-bond donors (Lipinski definition) is 1. The number of carbonyl (C=O) groups is 1. The van der Waals surface area contributed by atoms with Crippen LogP contribution in [0, 0.1) is 5.82 Å². The molecule has 0 saturated carbocycles. The van der Waals surface area contributed by atoms with Crippen molar-refractivity contribution in [1.29, 1.82) is 0 Å². The fourth-order valence-electron chi connectivity index (χ4n) is 4.05. The first kappa shape index (κ1) is 18.7. The molecule has 27 heavy (non-hydrogen) atoms. The van der Waals surface area contributed by atoms with Crippen LogP contribution in [-0.4, -0.2) is 57.9 Å². The minimum Gasteiger partial charge on any atom is -0.439 e. The molecule has 3 aliphatic heterocycles. The Bertz CT molecular complexity index is 866. The molecule has 146 valence electrons. The lowest BCUT2D eigenvalue weighted by atomic mass is 9.87. The molecule has 2 bridgehead atoms. The van der Waals surface area contributed by atoms with Crippen molar-refractivity contribution in [3.8, 4) is 0 Å². The lowest BCUT2D eigenvalue weighted by Gasteiger charge is -2.56. The second-order valence-electron chi connectivity index (χ2n) is 8.55. The van der Waals surface area contributed by atoms with Crippen LogP contribution in [-0.2, 0) is 11.3 Å². The Morgan fingerprint density at radius 1 is 1.37 bits per heavy atom. The summed E-state index contributed by atoms with van der Waals surface area (Å²) in [6.45, 7) is 8.69. The Morgan fingerprint density at radius 3 is 2.74 bits per heavy atom. The lowest BCUT2D eigenvalue weighted by Crippen LogP contribution is -2.69. The minimum atomic E-state index is -0.432. The Labute approximate surface area is 162 Å². The van der Waals surface area contributed by atoms with E-state index < -0.39 is 5.82 Å². The van der Waals surface area contributed by atoms with E-state index in [-0.39, 0.29) is 16.5 Å². The number of benzene rings is 1. The molecule has 2 unspecified atom stereocenters. The van der Waals surface area contributed by atoms with E-state index in [0.717, 1.165) is 19.5 Å². The van der Waals surface area contributed by atoms with Crippen LogP contribution in [0.15, 0.2) is 16.5 Å². The Hall–Kier alpha value is -1.70. The summed E-state index contributed by atoms with van der Waals surface area (Å²) in [6, 6.07) is 3.30. The van der Waals surface area contributed by atoms with Crippen molar-refractivity contribution in [2.24, 2.45) is 0 Å². The average molecular weight is 395 g/mol. The van der Waals surface area contributed by atoms with E-state index in [2.05, 4.69) is 20.1 Å². The number of oxazole rings is 1. The molecule has 2 atom stereocenters. The third-order valence-electron chi connectivity index (χ3n) is 5.08. The number of aromatic nitrogens is 1. The van der Waals surface area contributed by atoms with E-state index in [1.165, 1.54) is 12.1 Å². The summed E-state index contributed by atoms with van der Waals surface area (Å²) in [5.41, 5.74) is 0.657. The van der Waals surface area contributed by atoms with Crippen LogP contribution in [0.4, 0.5) is 4.39 Å². The van der Waals surface area contributed by atoms with Gasteiger partial charge in [0.25, 0.3) is 0 Å². The number of carbonyl (C=O) groups excluding carboxylic acids is 1. The number of piperazine rings is 1. The molecule has 8 heteroatoms. The molecular formula is C19H24ClFN4O2. The van der Waals surface area contributed by atoms with Crippen molar-refractivity contribution in [2.75, 3.05) is 19.6 Å². The molecule has 1 amide bonds. The zero-order valence-corrected chi connectivity index (χ0v) is 16.5. The zero-order valence-electron chi connectivity index (χ0n) is 15.8. The van der Waals surface area contributed by atoms with E-state index in [9.17, 15) is 9.18 Å². The highest BCUT2D eigenvalue weighted by Gasteiger charge is 2.45. The summed E-state index contributed by atoms with van der Waals surface area (Å²) in [5.74, 6) is 0.177. The number of nitrogens with one attached hydrogen (secondary N) is 1. The van der Waals surface area contributed by atoms with Gasteiger partial charge in [-0.05, 0) is 33.3 Å². The molecule has 0 spiro atoms. The van der Waals surface area contributed by atoms with Crippen molar-refractivity contribution < 1.29 is 13.6 Å². The van der Waals surface area contributed by atoms with Gasteiger partial charge in [0.15, 0.2) is 5.58 Å². The first-order valence-corrected chi connectivity index (χ1v) is 9.59. The summed E-state index contributed by atoms with van der Waals surface area (Å²) in [6.07, 6.45) is 1.11. The largest absolute Gasteiger partial charge is 0.439 e. The normalized spacial score (nSPS) is 23.4. The lowest BCUT2D eigenvalue weighted by molar-refractivity contribution is -0.132. The van der Waals surface area contributed by atoms with Gasteiger partial charge in [0, 0.05) is 36.8 Å². The predicted octanol–water partition coefficient (Wildman–Crippen LogP) is 2.79. The highest BCUT2D eigenvalue weighted by molar-refractivity contribution is 6.34. The molecule has 3 fully saturated rings. The van der Waals surface area contributed by atoms with Crippen LogP contribution >= 0.6 is 11.6 Å². The topological polar surface area (TPSA) is 61.6 Å². The fourth-order valence-corrected chi connectivity index (χ4v) is 4.29. The van der Waals surface area contributed by atoms with Crippen LogP contribution < -0.4 is 5.32 Å². The molecule has 3 aliphatic rings. The van der Waals surface area contributed by atoms with E-state index in [4.69, 9.17) is 16.0 Å². The molecule has 1 aromatic heterocycles. The minimum absolute atomic E-state index is 0.0706. The van der Waals surface area contributed by atoms with Crippen molar-refractivity contribution in [3.63, 3.8) is 0 Å². The fraction of sp³-hybridized carbons (Fsp3) is 0.579. The SMILES string of the molecule is CC(C)(C)NC(=O)CN1C2CC1CN(Cc1nc3c(Cl)cc(F)cc3o1)C2. The maximum absolute atomic E-state index is 13.5. The van der Waals surface area contributed by atoms with E-state index in [1.54, 1.807) is 0 Å². The first-order chi connectivity index (χ1) is 12.7. The maximum atomic E-state index is 13.5. The van der Waals surface area contributed by atoms with Crippen LogP contribution in [0.3, 0.4) is 0 Å². The third-order valence-corrected chi connectivity index (χ3v) is 5.37. The summed E-state index contributed by atoms with van der Waals surface area (Å²) in [7, 11) is 0. The molecule has 5 rings (SSSR count). The number of fused-ring (bicyclic) bond motifs is 3.